The molecule has 0 aliphatic carbocycles. The van der Waals surface area contributed by atoms with Gasteiger partial charge in [-0.1, -0.05) is 20.3 Å². The number of likely N-dealkylation sites (tertiary alicyclic amines) is 1. The summed E-state index contributed by atoms with van der Waals surface area (Å²) in [4.78, 5) is 14.7. The molecule has 0 aromatic rings. The molecule has 112 valence electrons. The number of nitrogens with zero attached hydrogens (tertiary/aromatic N) is 1. The number of rotatable bonds is 7. The molecule has 4 nitrogen and oxygen atoms in total. The number of ether oxygens (including phenoxy) is 1. The molecule has 0 saturated carbocycles. The normalized spacial score (nSPS) is 23.9. The number of nitrogens with one attached hydrogen (secondary N) is 1. The van der Waals surface area contributed by atoms with E-state index in [2.05, 4.69) is 17.1 Å². The Morgan fingerprint density at radius 3 is 2.68 bits per heavy atom. The zero-order chi connectivity index (χ0) is 14.3. The van der Waals surface area contributed by atoms with E-state index in [-0.39, 0.29) is 5.97 Å². The van der Waals surface area contributed by atoms with Gasteiger partial charge in [0.2, 0.25) is 0 Å². The molecule has 0 spiro atoms. The highest BCUT2D eigenvalue weighted by Crippen LogP contribution is 2.22. The van der Waals surface area contributed by atoms with Crippen molar-refractivity contribution in [1.82, 2.24) is 10.2 Å². The summed E-state index contributed by atoms with van der Waals surface area (Å²) >= 11 is 0. The summed E-state index contributed by atoms with van der Waals surface area (Å²) in [6.07, 6.45) is 4.96. The second kappa shape index (κ2) is 7.85. The quantitative estimate of drug-likeness (QED) is 0.720. The lowest BCUT2D eigenvalue weighted by Crippen LogP contribution is -2.59. The van der Waals surface area contributed by atoms with Crippen molar-refractivity contribution < 1.29 is 9.53 Å². The van der Waals surface area contributed by atoms with E-state index in [0.717, 1.165) is 26.1 Å². The molecule has 1 rings (SSSR count). The second-order valence-electron chi connectivity index (χ2n) is 5.61. The van der Waals surface area contributed by atoms with Gasteiger partial charge in [0.25, 0.3) is 0 Å². The Morgan fingerprint density at radius 1 is 1.37 bits per heavy atom. The van der Waals surface area contributed by atoms with Crippen molar-refractivity contribution in [2.24, 2.45) is 0 Å². The van der Waals surface area contributed by atoms with Gasteiger partial charge in [-0.25, -0.2) is 0 Å². The molecule has 1 heterocycles. The fourth-order valence-electron chi connectivity index (χ4n) is 3.01. The van der Waals surface area contributed by atoms with Crippen LogP contribution in [0.5, 0.6) is 0 Å². The molecule has 0 aromatic carbocycles. The van der Waals surface area contributed by atoms with E-state index in [4.69, 9.17) is 4.74 Å². The molecule has 1 aliphatic heterocycles. The van der Waals surface area contributed by atoms with Gasteiger partial charge in [-0.2, -0.15) is 0 Å². The fraction of sp³-hybridized carbons (Fsp3) is 0.933. The predicted octanol–water partition coefficient (Wildman–Crippen LogP) is 2.18. The summed E-state index contributed by atoms with van der Waals surface area (Å²) in [5, 5.41) is 3.32. The Labute approximate surface area is 117 Å². The molecule has 1 saturated heterocycles. The minimum absolute atomic E-state index is 0.128. The first-order chi connectivity index (χ1) is 9.07. The highest BCUT2D eigenvalue weighted by Gasteiger charge is 2.37. The molecular formula is C15H30N2O2. The molecular weight excluding hydrogens is 240 g/mol. The van der Waals surface area contributed by atoms with Gasteiger partial charge in [-0.15, -0.1) is 0 Å². The highest BCUT2D eigenvalue weighted by atomic mass is 16.5. The Balaban J connectivity index is 2.72. The summed E-state index contributed by atoms with van der Waals surface area (Å²) in [6.45, 7) is 11.2. The van der Waals surface area contributed by atoms with Gasteiger partial charge in [0.15, 0.2) is 0 Å². The number of carbonyl (C=O) groups is 1. The minimum Gasteiger partial charge on any atom is -0.465 e. The maximum absolute atomic E-state index is 12.2. The van der Waals surface area contributed by atoms with Crippen LogP contribution in [-0.4, -0.2) is 48.7 Å². The minimum atomic E-state index is -0.588. The van der Waals surface area contributed by atoms with Gasteiger partial charge < -0.3 is 10.1 Å². The molecule has 1 N–H and O–H groups in total. The lowest BCUT2D eigenvalue weighted by molar-refractivity contribution is -0.151. The van der Waals surface area contributed by atoms with E-state index in [9.17, 15) is 4.79 Å². The number of carbonyl (C=O) groups excluding carboxylic acids is 1. The van der Waals surface area contributed by atoms with Crippen LogP contribution in [0.3, 0.4) is 0 Å². The van der Waals surface area contributed by atoms with Crippen molar-refractivity contribution in [3.8, 4) is 0 Å². The molecule has 0 bridgehead atoms. The van der Waals surface area contributed by atoms with Crippen molar-refractivity contribution >= 4 is 5.97 Å². The highest BCUT2D eigenvalue weighted by molar-refractivity contribution is 5.80. The van der Waals surface area contributed by atoms with Crippen LogP contribution < -0.4 is 5.32 Å². The number of piperidine rings is 1. The van der Waals surface area contributed by atoms with Crippen molar-refractivity contribution in [2.75, 3.05) is 26.2 Å². The van der Waals surface area contributed by atoms with E-state index < -0.39 is 5.54 Å². The van der Waals surface area contributed by atoms with E-state index in [1.807, 2.05) is 20.8 Å². The first-order valence-corrected chi connectivity index (χ1v) is 7.73. The number of likely N-dealkylation sites (N-methyl/N-ethyl adjacent to an activating group) is 1. The van der Waals surface area contributed by atoms with Crippen molar-refractivity contribution in [3.05, 3.63) is 0 Å². The summed E-state index contributed by atoms with van der Waals surface area (Å²) in [6, 6.07) is 0.612. The average Bonchev–Trinajstić information content (AvgIpc) is 2.40. The van der Waals surface area contributed by atoms with Gasteiger partial charge in [0.05, 0.1) is 6.61 Å². The van der Waals surface area contributed by atoms with Gasteiger partial charge in [0.1, 0.15) is 5.54 Å². The van der Waals surface area contributed by atoms with Gasteiger partial charge in [0, 0.05) is 12.6 Å². The standard InChI is InChI=1S/C15H30N2O2/c1-5-13-10-8-9-11-17(13)12-15(4,16-6-2)14(18)19-7-3/h13,16H,5-12H2,1-4H3. The average molecular weight is 270 g/mol. The molecule has 0 aromatic heterocycles. The number of hydrogen-bond donors (Lipinski definition) is 1. The van der Waals surface area contributed by atoms with Crippen molar-refractivity contribution in [3.63, 3.8) is 0 Å². The molecule has 19 heavy (non-hydrogen) atoms. The molecule has 2 atom stereocenters. The van der Waals surface area contributed by atoms with Crippen LogP contribution in [0.25, 0.3) is 0 Å². The Hall–Kier alpha value is -0.610. The molecule has 1 fully saturated rings. The lowest BCUT2D eigenvalue weighted by atomic mass is 9.95. The van der Waals surface area contributed by atoms with Crippen LogP contribution in [0.15, 0.2) is 0 Å². The van der Waals surface area contributed by atoms with E-state index in [1.54, 1.807) is 0 Å². The van der Waals surface area contributed by atoms with Crippen LogP contribution in [-0.2, 0) is 9.53 Å². The second-order valence-corrected chi connectivity index (χ2v) is 5.61. The first-order valence-electron chi connectivity index (χ1n) is 7.73. The summed E-state index contributed by atoms with van der Waals surface area (Å²) in [7, 11) is 0. The maximum atomic E-state index is 12.2. The van der Waals surface area contributed by atoms with E-state index in [1.165, 1.54) is 19.3 Å². The monoisotopic (exact) mass is 270 g/mol. The third kappa shape index (κ3) is 4.46. The lowest BCUT2D eigenvalue weighted by Gasteiger charge is -2.40. The van der Waals surface area contributed by atoms with Crippen LogP contribution in [0.2, 0.25) is 0 Å². The van der Waals surface area contributed by atoms with Crippen molar-refractivity contribution in [1.29, 1.82) is 0 Å². The van der Waals surface area contributed by atoms with Crippen LogP contribution >= 0.6 is 0 Å². The van der Waals surface area contributed by atoms with Crippen LogP contribution in [0.4, 0.5) is 0 Å². The van der Waals surface area contributed by atoms with E-state index >= 15 is 0 Å². The third-order valence-electron chi connectivity index (χ3n) is 4.03. The van der Waals surface area contributed by atoms with Gasteiger partial charge in [-0.3, -0.25) is 9.69 Å². The Kier molecular flexibility index (Phi) is 6.80. The summed E-state index contributed by atoms with van der Waals surface area (Å²) in [5.74, 6) is -0.128. The fourth-order valence-corrected chi connectivity index (χ4v) is 3.01. The molecule has 0 amide bonds. The molecule has 4 heteroatoms. The van der Waals surface area contributed by atoms with E-state index in [0.29, 0.717) is 12.6 Å². The molecule has 1 aliphatic rings. The zero-order valence-corrected chi connectivity index (χ0v) is 13.0. The van der Waals surface area contributed by atoms with Crippen molar-refractivity contribution in [2.45, 2.75) is 65.0 Å². The smallest absolute Gasteiger partial charge is 0.327 e. The predicted molar refractivity (Wildman–Crippen MR) is 78.2 cm³/mol. The van der Waals surface area contributed by atoms with Crippen LogP contribution in [0, 0.1) is 0 Å². The third-order valence-corrected chi connectivity index (χ3v) is 4.03. The topological polar surface area (TPSA) is 41.6 Å². The SMILES string of the molecule is CCNC(C)(CN1CCCCC1CC)C(=O)OCC. The summed E-state index contributed by atoms with van der Waals surface area (Å²) in [5.41, 5.74) is -0.588. The first kappa shape index (κ1) is 16.4. The van der Waals surface area contributed by atoms with Gasteiger partial charge in [-0.05, 0) is 46.2 Å². The Morgan fingerprint density at radius 2 is 2.11 bits per heavy atom. The summed E-state index contributed by atoms with van der Waals surface area (Å²) < 4.78 is 5.24. The molecule has 2 unspecified atom stereocenters. The largest absolute Gasteiger partial charge is 0.465 e. The van der Waals surface area contributed by atoms with Gasteiger partial charge >= 0.3 is 5.97 Å². The number of esters is 1. The van der Waals surface area contributed by atoms with Crippen LogP contribution in [0.1, 0.15) is 53.4 Å². The zero-order valence-electron chi connectivity index (χ0n) is 13.0. The Bertz CT molecular complexity index is 283. The number of hydrogen-bond acceptors (Lipinski definition) is 4. The molecule has 0 radical (unpaired) electrons. The maximum Gasteiger partial charge on any atom is 0.327 e.